The summed E-state index contributed by atoms with van der Waals surface area (Å²) in [5, 5.41) is 6.43. The van der Waals surface area contributed by atoms with Crippen LogP contribution in [0.2, 0.25) is 0 Å². The molecule has 0 unspecified atom stereocenters. The molecule has 0 N–H and O–H groups in total. The van der Waals surface area contributed by atoms with E-state index in [0.29, 0.717) is 17.1 Å². The van der Waals surface area contributed by atoms with Crippen LogP contribution in [0.1, 0.15) is 56.5 Å². The van der Waals surface area contributed by atoms with E-state index in [2.05, 4.69) is 23.9 Å². The van der Waals surface area contributed by atoms with Crippen LogP contribution in [-0.4, -0.2) is 38.5 Å². The molecule has 29 heavy (non-hydrogen) atoms. The molecule has 0 radical (unpaired) electrons. The maximum atomic E-state index is 12.9. The van der Waals surface area contributed by atoms with Crippen LogP contribution in [0.25, 0.3) is 4.96 Å². The molecule has 1 amide bonds. The number of fused-ring (bicyclic) bond motifs is 1. The van der Waals surface area contributed by atoms with Crippen molar-refractivity contribution in [3.8, 4) is 0 Å². The third kappa shape index (κ3) is 5.50. The molecule has 0 saturated carbocycles. The highest BCUT2D eigenvalue weighted by Crippen LogP contribution is 2.15. The Balaban J connectivity index is 1.82. The van der Waals surface area contributed by atoms with E-state index in [1.807, 2.05) is 40.6 Å². The molecular weight excluding hydrogens is 384 g/mol. The van der Waals surface area contributed by atoms with Crippen molar-refractivity contribution in [2.75, 3.05) is 13.1 Å². The van der Waals surface area contributed by atoms with Crippen LogP contribution in [0.5, 0.6) is 0 Å². The molecule has 0 saturated heterocycles. The molecule has 0 spiro atoms. The average molecular weight is 413 g/mol. The maximum Gasteiger partial charge on any atom is 0.296 e. The Kier molecular flexibility index (Phi) is 7.52. The minimum absolute atomic E-state index is 0.108. The average Bonchev–Trinajstić information content (AvgIpc) is 3.10. The van der Waals surface area contributed by atoms with Gasteiger partial charge in [-0.3, -0.25) is 9.59 Å². The summed E-state index contributed by atoms with van der Waals surface area (Å²) in [7, 11) is 0. The number of unbranched alkanes of at least 4 members (excludes halogenated alkanes) is 2. The standard InChI is InChI=1S/C22H28N4O2S/c1-3-5-12-25(13-6-4-2)20(27)15-18-16-29-22-23-21(28)19(24-26(18)22)14-17-10-8-7-9-11-17/h7-11,16H,3-6,12-15H2,1-2H3. The Morgan fingerprint density at radius 3 is 2.45 bits per heavy atom. The lowest BCUT2D eigenvalue weighted by molar-refractivity contribution is -0.130. The molecule has 6 nitrogen and oxygen atoms in total. The number of aromatic nitrogens is 3. The summed E-state index contributed by atoms with van der Waals surface area (Å²) in [4.78, 5) is 31.9. The molecule has 1 aromatic carbocycles. The van der Waals surface area contributed by atoms with Gasteiger partial charge in [0.2, 0.25) is 10.9 Å². The predicted molar refractivity (Wildman–Crippen MR) is 116 cm³/mol. The van der Waals surface area contributed by atoms with Crippen molar-refractivity contribution >= 4 is 22.2 Å². The fourth-order valence-corrected chi connectivity index (χ4v) is 4.00. The third-order valence-corrected chi connectivity index (χ3v) is 5.75. The lowest BCUT2D eigenvalue weighted by Crippen LogP contribution is -2.34. The summed E-state index contributed by atoms with van der Waals surface area (Å²) >= 11 is 1.35. The van der Waals surface area contributed by atoms with Gasteiger partial charge in [0, 0.05) is 24.9 Å². The van der Waals surface area contributed by atoms with Crippen molar-refractivity contribution in [3.05, 3.63) is 63.0 Å². The van der Waals surface area contributed by atoms with Gasteiger partial charge in [-0.15, -0.1) is 11.3 Å². The number of hydrogen-bond donors (Lipinski definition) is 0. The molecule has 0 aliphatic rings. The van der Waals surface area contributed by atoms with E-state index < -0.39 is 0 Å². The zero-order chi connectivity index (χ0) is 20.6. The molecule has 0 bridgehead atoms. The van der Waals surface area contributed by atoms with Gasteiger partial charge in [-0.05, 0) is 18.4 Å². The summed E-state index contributed by atoms with van der Waals surface area (Å²) in [5.74, 6) is 0.108. The van der Waals surface area contributed by atoms with E-state index in [0.717, 1.165) is 50.0 Å². The Hall–Kier alpha value is -2.54. The van der Waals surface area contributed by atoms with Crippen molar-refractivity contribution in [2.24, 2.45) is 0 Å². The van der Waals surface area contributed by atoms with Crippen molar-refractivity contribution < 1.29 is 4.79 Å². The normalized spacial score (nSPS) is 11.1. The number of thiazole rings is 1. The smallest absolute Gasteiger partial charge is 0.296 e. The van der Waals surface area contributed by atoms with Gasteiger partial charge in [-0.1, -0.05) is 57.0 Å². The molecule has 2 heterocycles. The highest BCUT2D eigenvalue weighted by atomic mass is 32.1. The van der Waals surface area contributed by atoms with Crippen LogP contribution in [0.3, 0.4) is 0 Å². The quantitative estimate of drug-likeness (QED) is 0.509. The number of benzene rings is 1. The number of nitrogens with zero attached hydrogens (tertiary/aromatic N) is 4. The van der Waals surface area contributed by atoms with E-state index in [-0.39, 0.29) is 17.9 Å². The second-order valence-corrected chi connectivity index (χ2v) is 8.05. The molecule has 3 aromatic rings. The second kappa shape index (κ2) is 10.3. The third-order valence-electron chi connectivity index (χ3n) is 4.88. The monoisotopic (exact) mass is 412 g/mol. The molecule has 3 rings (SSSR count). The van der Waals surface area contributed by atoms with E-state index in [4.69, 9.17) is 0 Å². The van der Waals surface area contributed by atoms with Gasteiger partial charge in [0.15, 0.2) is 0 Å². The van der Waals surface area contributed by atoms with Gasteiger partial charge in [0.25, 0.3) is 5.56 Å². The Bertz CT molecular complexity index is 989. The molecule has 154 valence electrons. The van der Waals surface area contributed by atoms with Crippen LogP contribution in [0.4, 0.5) is 0 Å². The van der Waals surface area contributed by atoms with E-state index in [1.165, 1.54) is 11.3 Å². The SMILES string of the molecule is CCCCN(CCCC)C(=O)Cc1csc2nc(=O)c(Cc3ccccc3)nn12. The van der Waals surface area contributed by atoms with Crippen LogP contribution in [-0.2, 0) is 17.6 Å². The molecule has 0 aliphatic carbocycles. The fourth-order valence-electron chi connectivity index (χ4n) is 3.18. The van der Waals surface area contributed by atoms with Gasteiger partial charge in [-0.25, -0.2) is 4.52 Å². The van der Waals surface area contributed by atoms with E-state index in [1.54, 1.807) is 4.52 Å². The molecule has 0 aliphatic heterocycles. The van der Waals surface area contributed by atoms with Crippen molar-refractivity contribution in [1.82, 2.24) is 19.5 Å². The number of rotatable bonds is 10. The number of hydrogen-bond acceptors (Lipinski definition) is 5. The van der Waals surface area contributed by atoms with E-state index >= 15 is 0 Å². The summed E-state index contributed by atoms with van der Waals surface area (Å²) in [6, 6.07) is 9.75. The second-order valence-electron chi connectivity index (χ2n) is 7.21. The summed E-state index contributed by atoms with van der Waals surface area (Å²) < 4.78 is 1.67. The first-order valence-electron chi connectivity index (χ1n) is 10.3. The largest absolute Gasteiger partial charge is 0.342 e. The highest BCUT2D eigenvalue weighted by Gasteiger charge is 2.17. The van der Waals surface area contributed by atoms with Crippen LogP contribution < -0.4 is 5.56 Å². The zero-order valence-corrected chi connectivity index (χ0v) is 18.0. The fraction of sp³-hybridized carbons (Fsp3) is 0.455. The van der Waals surface area contributed by atoms with Gasteiger partial charge < -0.3 is 4.90 Å². The maximum absolute atomic E-state index is 12.9. The summed E-state index contributed by atoms with van der Waals surface area (Å²) in [6.07, 6.45) is 4.84. The first-order valence-corrected chi connectivity index (χ1v) is 11.2. The Labute approximate surface area is 175 Å². The minimum atomic E-state index is -0.305. The number of amides is 1. The first-order chi connectivity index (χ1) is 14.1. The lowest BCUT2D eigenvalue weighted by atomic mass is 10.1. The molecule has 0 fully saturated rings. The van der Waals surface area contributed by atoms with Crippen molar-refractivity contribution in [1.29, 1.82) is 0 Å². The van der Waals surface area contributed by atoms with Gasteiger partial charge in [0.1, 0.15) is 5.69 Å². The topological polar surface area (TPSA) is 67.6 Å². The van der Waals surface area contributed by atoms with Crippen LogP contribution >= 0.6 is 11.3 Å². The molecular formula is C22H28N4O2S. The summed E-state index contributed by atoms with van der Waals surface area (Å²) in [5.41, 5.74) is 1.89. The Morgan fingerprint density at radius 2 is 1.79 bits per heavy atom. The van der Waals surface area contributed by atoms with E-state index in [9.17, 15) is 9.59 Å². The molecule has 7 heteroatoms. The lowest BCUT2D eigenvalue weighted by Gasteiger charge is -2.22. The van der Waals surface area contributed by atoms with Gasteiger partial charge in [-0.2, -0.15) is 10.1 Å². The molecule has 0 atom stereocenters. The Morgan fingerprint density at radius 1 is 1.10 bits per heavy atom. The molecule has 2 aromatic heterocycles. The van der Waals surface area contributed by atoms with Gasteiger partial charge in [0.05, 0.1) is 12.1 Å². The van der Waals surface area contributed by atoms with Crippen LogP contribution in [0, 0.1) is 0 Å². The predicted octanol–water partition coefficient (Wildman–Crippen LogP) is 3.71. The van der Waals surface area contributed by atoms with Gasteiger partial charge >= 0.3 is 0 Å². The summed E-state index contributed by atoms with van der Waals surface area (Å²) in [6.45, 7) is 5.85. The van der Waals surface area contributed by atoms with Crippen molar-refractivity contribution in [3.63, 3.8) is 0 Å². The number of carbonyl (C=O) groups is 1. The van der Waals surface area contributed by atoms with Crippen molar-refractivity contribution in [2.45, 2.75) is 52.4 Å². The number of carbonyl (C=O) groups excluding carboxylic acids is 1. The zero-order valence-electron chi connectivity index (χ0n) is 17.1. The first kappa shape index (κ1) is 21.2. The van der Waals surface area contributed by atoms with Crippen LogP contribution in [0.15, 0.2) is 40.5 Å². The minimum Gasteiger partial charge on any atom is -0.342 e. The highest BCUT2D eigenvalue weighted by molar-refractivity contribution is 7.15.